The van der Waals surface area contributed by atoms with E-state index in [1.165, 1.54) is 0 Å². The fourth-order valence-electron chi connectivity index (χ4n) is 0.617. The summed E-state index contributed by atoms with van der Waals surface area (Å²) in [4.78, 5) is 0. The van der Waals surface area contributed by atoms with Gasteiger partial charge in [0.15, 0.2) is 0 Å². The molecule has 3 nitrogen and oxygen atoms in total. The summed E-state index contributed by atoms with van der Waals surface area (Å²) in [5, 5.41) is 9.69. The van der Waals surface area contributed by atoms with Crippen LogP contribution in [-0.4, -0.2) is 16.7 Å². The van der Waals surface area contributed by atoms with Gasteiger partial charge < -0.3 is 5.32 Å². The maximum absolute atomic E-state index is 3.79. The second-order valence-electron chi connectivity index (χ2n) is 1.91. The van der Waals surface area contributed by atoms with Gasteiger partial charge in [0.25, 0.3) is 0 Å². The molecule has 0 aliphatic rings. The number of aromatic amines is 1. The Bertz CT molecular complexity index is 153. The maximum atomic E-state index is 3.79. The van der Waals surface area contributed by atoms with Gasteiger partial charge in [0.1, 0.15) is 0 Å². The lowest BCUT2D eigenvalue weighted by molar-refractivity contribution is 0.980. The minimum Gasteiger partial charge on any atom is -0.383 e. The van der Waals surface area contributed by atoms with Crippen LogP contribution in [0.4, 0.5) is 5.69 Å². The molecular formula is C6H15N3. The monoisotopic (exact) mass is 129 g/mol. The van der Waals surface area contributed by atoms with Crippen molar-refractivity contribution < 1.29 is 2.85 Å². The SMILES string of the molecule is CCCNc1cn[nH]c1.[HH].[HH]. The van der Waals surface area contributed by atoms with Crippen LogP contribution in [0, 0.1) is 0 Å². The van der Waals surface area contributed by atoms with Crippen LogP contribution in [0.15, 0.2) is 12.4 Å². The van der Waals surface area contributed by atoms with Crippen molar-refractivity contribution >= 4 is 5.69 Å². The summed E-state index contributed by atoms with van der Waals surface area (Å²) in [5.74, 6) is 0. The highest BCUT2D eigenvalue weighted by atomic mass is 15.1. The van der Waals surface area contributed by atoms with E-state index in [9.17, 15) is 0 Å². The lowest BCUT2D eigenvalue weighted by atomic mass is 10.4. The number of rotatable bonds is 3. The molecule has 0 aromatic carbocycles. The largest absolute Gasteiger partial charge is 0.383 e. The molecule has 54 valence electrons. The number of nitrogens with zero attached hydrogens (tertiary/aromatic N) is 1. The van der Waals surface area contributed by atoms with Gasteiger partial charge in [-0.3, -0.25) is 5.10 Å². The van der Waals surface area contributed by atoms with Gasteiger partial charge in [-0.2, -0.15) is 5.10 Å². The number of hydrogen-bond acceptors (Lipinski definition) is 2. The molecule has 0 radical (unpaired) electrons. The highest BCUT2D eigenvalue weighted by molar-refractivity contribution is 5.36. The van der Waals surface area contributed by atoms with E-state index in [1.54, 1.807) is 6.20 Å². The topological polar surface area (TPSA) is 40.7 Å². The van der Waals surface area contributed by atoms with E-state index in [-0.39, 0.29) is 2.85 Å². The second kappa shape index (κ2) is 3.12. The van der Waals surface area contributed by atoms with Gasteiger partial charge >= 0.3 is 0 Å². The van der Waals surface area contributed by atoms with E-state index in [4.69, 9.17) is 0 Å². The second-order valence-corrected chi connectivity index (χ2v) is 1.91. The number of anilines is 1. The van der Waals surface area contributed by atoms with Crippen molar-refractivity contribution in [2.45, 2.75) is 13.3 Å². The Morgan fingerprint density at radius 2 is 2.78 bits per heavy atom. The third-order valence-corrected chi connectivity index (χ3v) is 1.08. The van der Waals surface area contributed by atoms with Crippen LogP contribution in [0.3, 0.4) is 0 Å². The van der Waals surface area contributed by atoms with Crippen molar-refractivity contribution in [3.05, 3.63) is 12.4 Å². The molecular weight excluding hydrogens is 114 g/mol. The third kappa shape index (κ3) is 1.76. The quantitative estimate of drug-likeness (QED) is 0.652. The normalized spacial score (nSPS) is 9.44. The minimum absolute atomic E-state index is 0. The minimum atomic E-state index is 0. The summed E-state index contributed by atoms with van der Waals surface area (Å²) in [5.41, 5.74) is 1.07. The van der Waals surface area contributed by atoms with Crippen LogP contribution in [0.2, 0.25) is 0 Å². The molecule has 1 aromatic rings. The van der Waals surface area contributed by atoms with E-state index < -0.39 is 0 Å². The van der Waals surface area contributed by atoms with Gasteiger partial charge in [-0.25, -0.2) is 0 Å². The van der Waals surface area contributed by atoms with E-state index in [1.807, 2.05) is 6.20 Å². The van der Waals surface area contributed by atoms with Crippen molar-refractivity contribution in [3.8, 4) is 0 Å². The average Bonchev–Trinajstić information content (AvgIpc) is 2.34. The van der Waals surface area contributed by atoms with Crippen molar-refractivity contribution in [1.29, 1.82) is 0 Å². The van der Waals surface area contributed by atoms with Gasteiger partial charge in [-0.1, -0.05) is 6.92 Å². The molecule has 0 aliphatic carbocycles. The molecule has 0 aliphatic heterocycles. The van der Waals surface area contributed by atoms with Crippen molar-refractivity contribution in [2.24, 2.45) is 0 Å². The van der Waals surface area contributed by atoms with Gasteiger partial charge in [0.2, 0.25) is 0 Å². The molecule has 3 heteroatoms. The number of aromatic nitrogens is 2. The Morgan fingerprint density at radius 1 is 1.89 bits per heavy atom. The highest BCUT2D eigenvalue weighted by Gasteiger charge is 1.86. The highest BCUT2D eigenvalue weighted by Crippen LogP contribution is 1.99. The van der Waals surface area contributed by atoms with Crippen molar-refractivity contribution in [3.63, 3.8) is 0 Å². The zero-order valence-electron chi connectivity index (χ0n) is 5.52. The number of nitrogens with one attached hydrogen (secondary N) is 2. The number of hydrogen-bond donors (Lipinski definition) is 2. The van der Waals surface area contributed by atoms with Crippen LogP contribution >= 0.6 is 0 Å². The molecule has 0 saturated carbocycles. The lowest BCUT2D eigenvalue weighted by Crippen LogP contribution is -1.97. The first-order valence-electron chi connectivity index (χ1n) is 3.16. The molecule has 1 aromatic heterocycles. The van der Waals surface area contributed by atoms with E-state index in [0.29, 0.717) is 0 Å². The molecule has 0 fully saturated rings. The molecule has 0 atom stereocenters. The van der Waals surface area contributed by atoms with E-state index in [2.05, 4.69) is 22.4 Å². The van der Waals surface area contributed by atoms with E-state index >= 15 is 0 Å². The molecule has 1 rings (SSSR count). The van der Waals surface area contributed by atoms with Gasteiger partial charge in [0.05, 0.1) is 11.9 Å². The molecule has 0 bridgehead atoms. The summed E-state index contributed by atoms with van der Waals surface area (Å²) in [6.07, 6.45) is 4.76. The lowest BCUT2D eigenvalue weighted by Gasteiger charge is -1.96. The van der Waals surface area contributed by atoms with Crippen molar-refractivity contribution in [1.82, 2.24) is 10.2 Å². The predicted octanol–water partition coefficient (Wildman–Crippen LogP) is 1.72. The Morgan fingerprint density at radius 3 is 3.33 bits per heavy atom. The van der Waals surface area contributed by atoms with Gasteiger partial charge in [0, 0.05) is 15.6 Å². The van der Waals surface area contributed by atoms with Crippen molar-refractivity contribution in [2.75, 3.05) is 11.9 Å². The summed E-state index contributed by atoms with van der Waals surface area (Å²) in [6.45, 7) is 3.15. The molecule has 9 heavy (non-hydrogen) atoms. The summed E-state index contributed by atoms with van der Waals surface area (Å²) in [7, 11) is 0. The van der Waals surface area contributed by atoms with Crippen LogP contribution in [-0.2, 0) is 0 Å². The first-order valence-corrected chi connectivity index (χ1v) is 3.16. The molecule has 1 heterocycles. The van der Waals surface area contributed by atoms with Gasteiger partial charge in [-0.15, -0.1) is 0 Å². The van der Waals surface area contributed by atoms with Crippen LogP contribution in [0.25, 0.3) is 0 Å². The van der Waals surface area contributed by atoms with Crippen LogP contribution in [0.5, 0.6) is 0 Å². The van der Waals surface area contributed by atoms with E-state index in [0.717, 1.165) is 18.7 Å². The first kappa shape index (κ1) is 6.13. The van der Waals surface area contributed by atoms with Gasteiger partial charge in [-0.05, 0) is 6.42 Å². The van der Waals surface area contributed by atoms with Crippen LogP contribution < -0.4 is 5.32 Å². The summed E-state index contributed by atoms with van der Waals surface area (Å²) in [6, 6.07) is 0. The standard InChI is InChI=1S/C6H11N3.2H2/c1-2-3-7-6-4-8-9-5-6;;/h4-5,7H,2-3H2,1H3,(H,8,9);2*1H. The Hall–Kier alpha value is -0.990. The molecule has 0 saturated heterocycles. The number of H-pyrrole nitrogens is 1. The predicted molar refractivity (Wildman–Crippen MR) is 41.6 cm³/mol. The summed E-state index contributed by atoms with van der Waals surface area (Å²) >= 11 is 0. The Labute approximate surface area is 57.4 Å². The Kier molecular flexibility index (Phi) is 2.13. The summed E-state index contributed by atoms with van der Waals surface area (Å²) < 4.78 is 0. The molecule has 0 spiro atoms. The smallest absolute Gasteiger partial charge is 0.0723 e. The maximum Gasteiger partial charge on any atom is 0.0723 e. The molecule has 2 N–H and O–H groups in total. The first-order chi connectivity index (χ1) is 4.43. The average molecular weight is 129 g/mol. The zero-order chi connectivity index (χ0) is 6.53. The third-order valence-electron chi connectivity index (χ3n) is 1.08. The fourth-order valence-corrected chi connectivity index (χ4v) is 0.617. The zero-order valence-corrected chi connectivity index (χ0v) is 5.52. The van der Waals surface area contributed by atoms with Crippen LogP contribution in [0.1, 0.15) is 16.2 Å². The fraction of sp³-hybridized carbons (Fsp3) is 0.500. The molecule has 0 unspecified atom stereocenters. The molecule has 0 amide bonds. The Balaban J connectivity index is 0.